The first-order valence-corrected chi connectivity index (χ1v) is 6.15. The highest BCUT2D eigenvalue weighted by Gasteiger charge is 2.17. The molecule has 0 radical (unpaired) electrons. The summed E-state index contributed by atoms with van der Waals surface area (Å²) in [6.07, 6.45) is 3.26. The summed E-state index contributed by atoms with van der Waals surface area (Å²) in [7, 11) is 0. The molecule has 7 heteroatoms. The SMILES string of the molecule is Cc1cc(C(=O)NNC(=O)C(C)n2cccn2)c(C)o1. The molecular formula is C13H16N4O3. The molecule has 2 N–H and O–H groups in total. The number of amides is 2. The van der Waals surface area contributed by atoms with Crippen molar-refractivity contribution in [2.75, 3.05) is 0 Å². The molecule has 1 atom stereocenters. The number of hydrogen-bond acceptors (Lipinski definition) is 4. The summed E-state index contributed by atoms with van der Waals surface area (Å²) in [5.41, 5.74) is 5.12. The Morgan fingerprint density at radius 1 is 1.35 bits per heavy atom. The lowest BCUT2D eigenvalue weighted by molar-refractivity contribution is -0.124. The van der Waals surface area contributed by atoms with Crippen molar-refractivity contribution in [3.63, 3.8) is 0 Å². The third-order valence-corrected chi connectivity index (χ3v) is 2.89. The van der Waals surface area contributed by atoms with Gasteiger partial charge in [-0.3, -0.25) is 25.1 Å². The van der Waals surface area contributed by atoms with E-state index in [1.807, 2.05) is 0 Å². The number of aryl methyl sites for hydroxylation is 2. The van der Waals surface area contributed by atoms with Crippen LogP contribution in [0.2, 0.25) is 0 Å². The molecule has 0 spiro atoms. The zero-order chi connectivity index (χ0) is 14.7. The number of nitrogens with one attached hydrogen (secondary N) is 2. The van der Waals surface area contributed by atoms with Crippen molar-refractivity contribution >= 4 is 11.8 Å². The number of hydrazine groups is 1. The maximum Gasteiger partial charge on any atom is 0.273 e. The predicted molar refractivity (Wildman–Crippen MR) is 70.7 cm³/mol. The lowest BCUT2D eigenvalue weighted by atomic mass is 10.2. The number of rotatable bonds is 3. The summed E-state index contributed by atoms with van der Waals surface area (Å²) in [6, 6.07) is 2.82. The average Bonchev–Trinajstić information content (AvgIpc) is 3.04. The van der Waals surface area contributed by atoms with Gasteiger partial charge in [-0.1, -0.05) is 0 Å². The predicted octanol–water partition coefficient (Wildman–Crippen LogP) is 1.12. The molecule has 2 aromatic rings. The summed E-state index contributed by atoms with van der Waals surface area (Å²) < 4.78 is 6.76. The van der Waals surface area contributed by atoms with Gasteiger partial charge in [0.25, 0.3) is 11.8 Å². The largest absolute Gasteiger partial charge is 0.466 e. The number of nitrogens with zero attached hydrogens (tertiary/aromatic N) is 2. The van der Waals surface area contributed by atoms with Crippen LogP contribution in [0.1, 0.15) is 34.8 Å². The van der Waals surface area contributed by atoms with E-state index < -0.39 is 11.9 Å². The van der Waals surface area contributed by atoms with E-state index in [1.165, 1.54) is 4.68 Å². The second-order valence-electron chi connectivity index (χ2n) is 4.43. The molecule has 2 aromatic heterocycles. The quantitative estimate of drug-likeness (QED) is 0.822. The third-order valence-electron chi connectivity index (χ3n) is 2.89. The molecule has 0 fully saturated rings. The highest BCUT2D eigenvalue weighted by molar-refractivity contribution is 5.96. The fourth-order valence-corrected chi connectivity index (χ4v) is 1.78. The van der Waals surface area contributed by atoms with Crippen molar-refractivity contribution in [3.05, 3.63) is 41.6 Å². The first-order chi connectivity index (χ1) is 9.49. The second-order valence-corrected chi connectivity index (χ2v) is 4.43. The first kappa shape index (κ1) is 13.9. The van der Waals surface area contributed by atoms with Crippen LogP contribution in [-0.2, 0) is 4.79 Å². The van der Waals surface area contributed by atoms with Gasteiger partial charge in [0.05, 0.1) is 5.56 Å². The van der Waals surface area contributed by atoms with Crippen molar-refractivity contribution in [1.29, 1.82) is 0 Å². The highest BCUT2D eigenvalue weighted by atomic mass is 16.3. The van der Waals surface area contributed by atoms with Crippen LogP contribution in [0.3, 0.4) is 0 Å². The minimum absolute atomic E-state index is 0.361. The number of carbonyl (C=O) groups excluding carboxylic acids is 2. The van der Waals surface area contributed by atoms with Crippen molar-refractivity contribution in [2.24, 2.45) is 0 Å². The fraction of sp³-hybridized carbons (Fsp3) is 0.308. The summed E-state index contributed by atoms with van der Waals surface area (Å²) in [5, 5.41) is 3.97. The van der Waals surface area contributed by atoms with Gasteiger partial charge < -0.3 is 4.42 Å². The van der Waals surface area contributed by atoms with Crippen molar-refractivity contribution < 1.29 is 14.0 Å². The van der Waals surface area contributed by atoms with E-state index >= 15 is 0 Å². The van der Waals surface area contributed by atoms with E-state index in [4.69, 9.17) is 4.42 Å². The molecule has 20 heavy (non-hydrogen) atoms. The zero-order valence-electron chi connectivity index (χ0n) is 11.5. The molecule has 2 rings (SSSR count). The van der Waals surface area contributed by atoms with Crippen LogP contribution in [0.15, 0.2) is 28.9 Å². The van der Waals surface area contributed by atoms with E-state index in [-0.39, 0.29) is 5.91 Å². The monoisotopic (exact) mass is 276 g/mol. The van der Waals surface area contributed by atoms with Gasteiger partial charge in [-0.2, -0.15) is 5.10 Å². The van der Waals surface area contributed by atoms with E-state index in [0.29, 0.717) is 17.1 Å². The van der Waals surface area contributed by atoms with Crippen molar-refractivity contribution in [3.8, 4) is 0 Å². The average molecular weight is 276 g/mol. The molecule has 2 heterocycles. The Balaban J connectivity index is 1.93. The molecule has 1 unspecified atom stereocenters. The van der Waals surface area contributed by atoms with Gasteiger partial charge in [0, 0.05) is 12.4 Å². The van der Waals surface area contributed by atoms with Crippen LogP contribution in [0.5, 0.6) is 0 Å². The van der Waals surface area contributed by atoms with Gasteiger partial charge in [0.2, 0.25) is 0 Å². The van der Waals surface area contributed by atoms with E-state index in [0.717, 1.165) is 0 Å². The van der Waals surface area contributed by atoms with Gasteiger partial charge in [-0.05, 0) is 32.9 Å². The third kappa shape index (κ3) is 2.87. The molecule has 0 bridgehead atoms. The fourth-order valence-electron chi connectivity index (χ4n) is 1.78. The molecule has 0 aliphatic carbocycles. The lowest BCUT2D eigenvalue weighted by Crippen LogP contribution is -2.44. The van der Waals surface area contributed by atoms with E-state index in [9.17, 15) is 9.59 Å². The van der Waals surface area contributed by atoms with Crippen LogP contribution < -0.4 is 10.9 Å². The second kappa shape index (κ2) is 5.60. The molecular weight excluding hydrogens is 260 g/mol. The van der Waals surface area contributed by atoms with Gasteiger partial charge in [0.1, 0.15) is 17.6 Å². The topological polar surface area (TPSA) is 89.2 Å². The molecule has 106 valence electrons. The molecule has 0 saturated carbocycles. The Morgan fingerprint density at radius 3 is 2.65 bits per heavy atom. The minimum Gasteiger partial charge on any atom is -0.466 e. The Kier molecular flexibility index (Phi) is 3.88. The molecule has 7 nitrogen and oxygen atoms in total. The molecule has 2 amide bonds. The van der Waals surface area contributed by atoms with Crippen molar-refractivity contribution in [1.82, 2.24) is 20.6 Å². The number of furan rings is 1. The normalized spacial score (nSPS) is 11.9. The number of aromatic nitrogens is 2. The Bertz CT molecular complexity index is 616. The van der Waals surface area contributed by atoms with Crippen LogP contribution in [0, 0.1) is 13.8 Å². The Labute approximate surface area is 115 Å². The summed E-state index contributed by atoms with van der Waals surface area (Å²) >= 11 is 0. The lowest BCUT2D eigenvalue weighted by Gasteiger charge is -2.13. The molecule has 0 aliphatic heterocycles. The number of hydrogen-bond donors (Lipinski definition) is 2. The van der Waals surface area contributed by atoms with Crippen LogP contribution >= 0.6 is 0 Å². The smallest absolute Gasteiger partial charge is 0.273 e. The first-order valence-electron chi connectivity index (χ1n) is 6.15. The van der Waals surface area contributed by atoms with Crippen LogP contribution in [0.4, 0.5) is 0 Å². The van der Waals surface area contributed by atoms with Gasteiger partial charge in [-0.25, -0.2) is 0 Å². The highest BCUT2D eigenvalue weighted by Crippen LogP contribution is 2.13. The standard InChI is InChI=1S/C13H16N4O3/c1-8-7-11(10(3)20-8)13(19)16-15-12(18)9(2)17-6-4-5-14-17/h4-7,9H,1-3H3,(H,15,18)(H,16,19). The minimum atomic E-state index is -0.516. The Hall–Kier alpha value is -2.57. The molecule has 0 saturated heterocycles. The van der Waals surface area contributed by atoms with Gasteiger partial charge in [0.15, 0.2) is 0 Å². The van der Waals surface area contributed by atoms with E-state index in [2.05, 4.69) is 16.0 Å². The molecule has 0 aliphatic rings. The maximum atomic E-state index is 11.9. The summed E-state index contributed by atoms with van der Waals surface area (Å²) in [5.74, 6) is 0.374. The van der Waals surface area contributed by atoms with Crippen molar-refractivity contribution in [2.45, 2.75) is 26.8 Å². The summed E-state index contributed by atoms with van der Waals surface area (Å²) in [4.78, 5) is 23.7. The number of carbonyl (C=O) groups is 2. The van der Waals surface area contributed by atoms with Gasteiger partial charge >= 0.3 is 0 Å². The van der Waals surface area contributed by atoms with E-state index in [1.54, 1.807) is 45.3 Å². The van der Waals surface area contributed by atoms with Crippen LogP contribution in [0.25, 0.3) is 0 Å². The molecule has 0 aromatic carbocycles. The summed E-state index contributed by atoms with van der Waals surface area (Å²) in [6.45, 7) is 5.12. The van der Waals surface area contributed by atoms with Gasteiger partial charge in [-0.15, -0.1) is 0 Å². The Morgan fingerprint density at radius 2 is 2.10 bits per heavy atom. The van der Waals surface area contributed by atoms with Crippen LogP contribution in [-0.4, -0.2) is 21.6 Å². The maximum absolute atomic E-state index is 11.9. The zero-order valence-corrected chi connectivity index (χ0v) is 11.5.